The van der Waals surface area contributed by atoms with Gasteiger partial charge in [-0.2, -0.15) is 0 Å². The molecule has 0 amide bonds. The van der Waals surface area contributed by atoms with Crippen molar-refractivity contribution in [3.8, 4) is 0 Å². The van der Waals surface area contributed by atoms with Gasteiger partial charge in [-0.25, -0.2) is 4.58 Å². The minimum absolute atomic E-state index is 0.701. The summed E-state index contributed by atoms with van der Waals surface area (Å²) < 4.78 is 2.34. The van der Waals surface area contributed by atoms with E-state index in [1.165, 1.54) is 32.1 Å². The molecule has 0 fully saturated rings. The Balaban J connectivity index is 3.54. The minimum atomic E-state index is 0.701. The van der Waals surface area contributed by atoms with Crippen LogP contribution in [0.15, 0.2) is 0 Å². The van der Waals surface area contributed by atoms with Gasteiger partial charge < -0.3 is 0 Å². The summed E-state index contributed by atoms with van der Waals surface area (Å²) in [6.45, 7) is 6.76. The third-order valence-electron chi connectivity index (χ3n) is 2.51. The van der Waals surface area contributed by atoms with Crippen LogP contribution in [0.4, 0.5) is 0 Å². The van der Waals surface area contributed by atoms with Crippen LogP contribution in [-0.4, -0.2) is 23.9 Å². The number of unbranched alkanes of at least 4 members (excludes halogenated alkanes) is 3. The van der Waals surface area contributed by atoms with Gasteiger partial charge in [0, 0.05) is 12.8 Å². The van der Waals surface area contributed by atoms with Gasteiger partial charge in [-0.05, 0) is 13.3 Å². The molecule has 0 saturated carbocycles. The first kappa shape index (κ1) is 11.7. The molecular formula is C11H24N+. The lowest BCUT2D eigenvalue weighted by Gasteiger charge is -2.03. The molecule has 0 aliphatic heterocycles. The van der Waals surface area contributed by atoms with E-state index >= 15 is 0 Å². The highest BCUT2D eigenvalue weighted by Gasteiger charge is 2.05. The minimum Gasteiger partial charge on any atom is -0.240 e. The molecule has 0 heterocycles. The molecule has 12 heavy (non-hydrogen) atoms. The number of nitrogens with zero attached hydrogens (tertiary/aromatic N) is 1. The van der Waals surface area contributed by atoms with Crippen LogP contribution in [0.5, 0.6) is 0 Å². The van der Waals surface area contributed by atoms with Crippen LogP contribution in [-0.2, 0) is 0 Å². The first-order valence-electron chi connectivity index (χ1n) is 5.27. The van der Waals surface area contributed by atoms with E-state index in [1.54, 1.807) is 0 Å². The summed E-state index contributed by atoms with van der Waals surface area (Å²) in [4.78, 5) is 0. The Labute approximate surface area is 77.5 Å². The molecule has 0 aromatic heterocycles. The Morgan fingerprint density at radius 2 is 1.92 bits per heavy atom. The summed E-state index contributed by atoms with van der Waals surface area (Å²) in [6, 6.07) is 0.701. The lowest BCUT2D eigenvalue weighted by Crippen LogP contribution is -2.19. The smallest absolute Gasteiger partial charge is 0.149 e. The van der Waals surface area contributed by atoms with Crippen molar-refractivity contribution in [2.75, 3.05) is 7.05 Å². The van der Waals surface area contributed by atoms with Crippen LogP contribution in [0.25, 0.3) is 0 Å². The van der Waals surface area contributed by atoms with Crippen LogP contribution >= 0.6 is 0 Å². The van der Waals surface area contributed by atoms with Crippen molar-refractivity contribution in [3.05, 3.63) is 0 Å². The third kappa shape index (κ3) is 5.34. The van der Waals surface area contributed by atoms with Gasteiger partial charge in [-0.15, -0.1) is 0 Å². The lowest BCUT2D eigenvalue weighted by atomic mass is 10.2. The Kier molecular flexibility index (Phi) is 7.12. The van der Waals surface area contributed by atoms with Crippen molar-refractivity contribution >= 4 is 6.21 Å². The van der Waals surface area contributed by atoms with E-state index < -0.39 is 0 Å². The van der Waals surface area contributed by atoms with Crippen molar-refractivity contribution in [2.45, 2.75) is 58.9 Å². The molecule has 0 rings (SSSR count). The molecule has 0 aliphatic rings. The fourth-order valence-electron chi connectivity index (χ4n) is 1.16. The Morgan fingerprint density at radius 3 is 2.42 bits per heavy atom. The van der Waals surface area contributed by atoms with Gasteiger partial charge in [0.1, 0.15) is 19.3 Å². The highest BCUT2D eigenvalue weighted by atomic mass is 15.0. The summed E-state index contributed by atoms with van der Waals surface area (Å²) in [5.74, 6) is 0. The predicted molar refractivity (Wildman–Crippen MR) is 56.1 cm³/mol. The maximum absolute atomic E-state index is 2.34. The average Bonchev–Trinajstić information content (AvgIpc) is 2.10. The number of hydrogen-bond donors (Lipinski definition) is 0. The second-order valence-electron chi connectivity index (χ2n) is 3.60. The summed E-state index contributed by atoms with van der Waals surface area (Å²) in [5, 5.41) is 0. The first-order valence-corrected chi connectivity index (χ1v) is 5.27. The topological polar surface area (TPSA) is 3.01 Å². The maximum Gasteiger partial charge on any atom is 0.149 e. The van der Waals surface area contributed by atoms with Crippen LogP contribution in [0.3, 0.4) is 0 Å². The number of rotatable bonds is 6. The van der Waals surface area contributed by atoms with Crippen LogP contribution in [0.1, 0.15) is 52.9 Å². The van der Waals surface area contributed by atoms with Gasteiger partial charge in [0.15, 0.2) is 0 Å². The fraction of sp³-hybridized carbons (Fsp3) is 0.909. The third-order valence-corrected chi connectivity index (χ3v) is 2.51. The van der Waals surface area contributed by atoms with E-state index in [-0.39, 0.29) is 0 Å². The molecule has 0 aromatic carbocycles. The van der Waals surface area contributed by atoms with Crippen molar-refractivity contribution in [2.24, 2.45) is 0 Å². The van der Waals surface area contributed by atoms with E-state index in [2.05, 4.69) is 38.6 Å². The van der Waals surface area contributed by atoms with Crippen molar-refractivity contribution in [1.29, 1.82) is 0 Å². The molecular weight excluding hydrogens is 146 g/mol. The lowest BCUT2D eigenvalue weighted by molar-refractivity contribution is -0.531. The summed E-state index contributed by atoms with van der Waals surface area (Å²) >= 11 is 0. The molecule has 1 heteroatoms. The first-order chi connectivity index (χ1) is 5.72. The summed E-state index contributed by atoms with van der Waals surface area (Å²) in [6.07, 6.45) is 8.85. The van der Waals surface area contributed by atoms with Crippen molar-refractivity contribution in [3.63, 3.8) is 0 Å². The van der Waals surface area contributed by atoms with E-state index in [9.17, 15) is 0 Å². The molecule has 0 N–H and O–H groups in total. The molecule has 72 valence electrons. The summed E-state index contributed by atoms with van der Waals surface area (Å²) in [5.41, 5.74) is 0. The zero-order valence-corrected chi connectivity index (χ0v) is 9.14. The second kappa shape index (κ2) is 7.33. The molecule has 0 saturated heterocycles. The Morgan fingerprint density at radius 1 is 1.25 bits per heavy atom. The largest absolute Gasteiger partial charge is 0.240 e. The van der Waals surface area contributed by atoms with Gasteiger partial charge in [0.25, 0.3) is 0 Å². The van der Waals surface area contributed by atoms with E-state index in [4.69, 9.17) is 0 Å². The maximum atomic E-state index is 2.34. The van der Waals surface area contributed by atoms with Crippen molar-refractivity contribution < 1.29 is 4.58 Å². The highest BCUT2D eigenvalue weighted by Crippen LogP contribution is 1.98. The normalized spacial score (nSPS) is 14.8. The van der Waals surface area contributed by atoms with E-state index in [1.807, 2.05) is 0 Å². The second-order valence-corrected chi connectivity index (χ2v) is 3.60. The van der Waals surface area contributed by atoms with Crippen LogP contribution < -0.4 is 0 Å². The molecule has 0 aromatic rings. The predicted octanol–water partition coefficient (Wildman–Crippen LogP) is 3.08. The van der Waals surface area contributed by atoms with Gasteiger partial charge in [0.2, 0.25) is 0 Å². The van der Waals surface area contributed by atoms with Gasteiger partial charge in [-0.3, -0.25) is 0 Å². The molecule has 0 radical (unpaired) electrons. The van der Waals surface area contributed by atoms with Gasteiger partial charge in [-0.1, -0.05) is 26.7 Å². The van der Waals surface area contributed by atoms with Gasteiger partial charge >= 0.3 is 0 Å². The molecule has 0 bridgehead atoms. The molecule has 1 nitrogen and oxygen atoms in total. The monoisotopic (exact) mass is 170 g/mol. The quantitative estimate of drug-likeness (QED) is 0.327. The zero-order chi connectivity index (χ0) is 9.40. The molecule has 0 spiro atoms. The van der Waals surface area contributed by atoms with Gasteiger partial charge in [0.05, 0.1) is 0 Å². The zero-order valence-electron chi connectivity index (χ0n) is 9.14. The molecule has 1 unspecified atom stereocenters. The Bertz CT molecular complexity index is 127. The number of hydrogen-bond acceptors (Lipinski definition) is 0. The Hall–Kier alpha value is -0.330. The highest BCUT2D eigenvalue weighted by molar-refractivity contribution is 5.50. The van der Waals surface area contributed by atoms with E-state index in [0.29, 0.717) is 6.04 Å². The molecule has 0 aliphatic carbocycles. The SMILES string of the molecule is CCCCCC=[N+](C)C(C)CC. The van der Waals surface area contributed by atoms with Crippen LogP contribution in [0, 0.1) is 0 Å². The summed E-state index contributed by atoms with van der Waals surface area (Å²) in [7, 11) is 2.18. The van der Waals surface area contributed by atoms with Crippen LogP contribution in [0.2, 0.25) is 0 Å². The standard InChI is InChI=1S/C11H24N/c1-5-7-8-9-10-12(4)11(3)6-2/h10-11H,5-9H2,1-4H3/q+1. The fourth-order valence-corrected chi connectivity index (χ4v) is 1.16. The van der Waals surface area contributed by atoms with E-state index in [0.717, 1.165) is 0 Å². The molecule has 1 atom stereocenters. The van der Waals surface area contributed by atoms with Crippen molar-refractivity contribution in [1.82, 2.24) is 0 Å². The average molecular weight is 170 g/mol.